The van der Waals surface area contributed by atoms with Crippen LogP contribution in [0.25, 0.3) is 0 Å². The number of benzene rings is 1. The number of furan rings is 1. The highest BCUT2D eigenvalue weighted by Crippen LogP contribution is 2.19. The Morgan fingerprint density at radius 3 is 2.40 bits per heavy atom. The van der Waals surface area contributed by atoms with Gasteiger partial charge in [0, 0.05) is 12.6 Å². The van der Waals surface area contributed by atoms with E-state index in [4.69, 9.17) is 8.60 Å². The van der Waals surface area contributed by atoms with E-state index in [2.05, 4.69) is 0 Å². The van der Waals surface area contributed by atoms with E-state index in [9.17, 15) is 13.2 Å². The lowest BCUT2D eigenvalue weighted by Crippen LogP contribution is -2.37. The lowest BCUT2D eigenvalue weighted by Gasteiger charge is -2.28. The van der Waals surface area contributed by atoms with Crippen LogP contribution in [0.4, 0.5) is 0 Å². The molecule has 1 unspecified atom stereocenters. The zero-order valence-corrected chi connectivity index (χ0v) is 15.5. The van der Waals surface area contributed by atoms with Gasteiger partial charge in [0.1, 0.15) is 5.75 Å². The predicted molar refractivity (Wildman–Crippen MR) is 94.9 cm³/mol. The van der Waals surface area contributed by atoms with Crippen LogP contribution >= 0.6 is 0 Å². The van der Waals surface area contributed by atoms with Gasteiger partial charge in [-0.15, -0.1) is 0 Å². The molecule has 2 rings (SSSR count). The zero-order chi connectivity index (χ0) is 18.4. The molecule has 1 heterocycles. The van der Waals surface area contributed by atoms with Gasteiger partial charge < -0.3 is 13.5 Å². The molecule has 0 saturated carbocycles. The van der Waals surface area contributed by atoms with Crippen molar-refractivity contribution in [1.82, 2.24) is 4.90 Å². The summed E-state index contributed by atoms with van der Waals surface area (Å²) in [6.45, 7) is 5.91. The normalized spacial score (nSPS) is 12.6. The molecule has 0 aliphatic carbocycles. The number of nitrogens with zero attached hydrogens (tertiary/aromatic N) is 1. The fourth-order valence-corrected chi connectivity index (χ4v) is 2.76. The topological polar surface area (TPSA) is 76.8 Å². The first-order valence-electron chi connectivity index (χ1n) is 8.21. The Morgan fingerprint density at radius 2 is 1.88 bits per heavy atom. The van der Waals surface area contributed by atoms with Crippen LogP contribution in [0.15, 0.2) is 47.1 Å². The summed E-state index contributed by atoms with van der Waals surface area (Å²) in [5, 5.41) is 0. The van der Waals surface area contributed by atoms with Crippen LogP contribution in [0.1, 0.15) is 43.3 Å². The molecule has 1 atom stereocenters. The highest BCUT2D eigenvalue weighted by Gasteiger charge is 2.22. The second-order valence-corrected chi connectivity index (χ2v) is 7.60. The van der Waals surface area contributed by atoms with Crippen LogP contribution in [0.2, 0.25) is 0 Å². The summed E-state index contributed by atoms with van der Waals surface area (Å²) in [4.78, 5) is 14.4. The largest absolute Gasteiger partial charge is 0.459 e. The van der Waals surface area contributed by atoms with Gasteiger partial charge in [-0.25, -0.2) is 0 Å². The molecule has 2 aromatic rings. The van der Waals surface area contributed by atoms with Gasteiger partial charge in [-0.3, -0.25) is 4.79 Å². The van der Waals surface area contributed by atoms with E-state index in [0.717, 1.165) is 12.0 Å². The van der Waals surface area contributed by atoms with E-state index in [1.165, 1.54) is 13.2 Å². The molecule has 6 nitrogen and oxygen atoms in total. The van der Waals surface area contributed by atoms with Crippen molar-refractivity contribution in [1.29, 1.82) is 0 Å². The predicted octanol–water partition coefficient (Wildman–Crippen LogP) is 3.45. The average Bonchev–Trinajstić information content (AvgIpc) is 3.14. The first-order valence-corrected chi connectivity index (χ1v) is 9.79. The minimum atomic E-state index is -3.55. The van der Waals surface area contributed by atoms with Crippen molar-refractivity contribution in [3.63, 3.8) is 0 Å². The molecule has 1 aromatic carbocycles. The molecular formula is C18H23NO5S. The van der Waals surface area contributed by atoms with Crippen molar-refractivity contribution in [2.24, 2.45) is 0 Å². The fraction of sp³-hybridized carbons (Fsp3) is 0.389. The lowest BCUT2D eigenvalue weighted by atomic mass is 10.1. The molecule has 0 radical (unpaired) electrons. The first kappa shape index (κ1) is 19.1. The summed E-state index contributed by atoms with van der Waals surface area (Å²) in [5.74, 6) is 0.300. The van der Waals surface area contributed by atoms with Gasteiger partial charge in [0.2, 0.25) is 0 Å². The Labute approximate surface area is 148 Å². The van der Waals surface area contributed by atoms with Crippen LogP contribution in [0, 0.1) is 0 Å². The Hall–Kier alpha value is -2.28. The SMILES string of the molecule is CCC(C)N(Cc1ccc(OS(=O)(=O)CC)cc1)C(=O)c1ccco1. The van der Waals surface area contributed by atoms with Gasteiger partial charge in [-0.1, -0.05) is 19.1 Å². The minimum absolute atomic E-state index is 0.0361. The number of rotatable bonds is 8. The Kier molecular flexibility index (Phi) is 6.25. The molecule has 0 spiro atoms. The summed E-state index contributed by atoms with van der Waals surface area (Å²) in [5.41, 5.74) is 0.876. The number of hydrogen-bond acceptors (Lipinski definition) is 5. The van der Waals surface area contributed by atoms with Crippen molar-refractivity contribution in [2.75, 3.05) is 5.75 Å². The zero-order valence-electron chi connectivity index (χ0n) is 14.6. The molecule has 1 aromatic heterocycles. The van der Waals surface area contributed by atoms with Gasteiger partial charge >= 0.3 is 10.1 Å². The van der Waals surface area contributed by atoms with Gasteiger partial charge in [0.25, 0.3) is 5.91 Å². The maximum atomic E-state index is 12.6. The van der Waals surface area contributed by atoms with Crippen molar-refractivity contribution in [3.8, 4) is 5.75 Å². The number of amides is 1. The molecule has 0 aliphatic heterocycles. The van der Waals surface area contributed by atoms with Crippen molar-refractivity contribution >= 4 is 16.0 Å². The standard InChI is InChI=1S/C18H23NO5S/c1-4-14(3)19(18(20)17-7-6-12-23-17)13-15-8-10-16(11-9-15)24-25(21,22)5-2/h6-12,14H,4-5,13H2,1-3H3. The molecule has 25 heavy (non-hydrogen) atoms. The van der Waals surface area contributed by atoms with Gasteiger partial charge in [-0.2, -0.15) is 8.42 Å². The van der Waals surface area contributed by atoms with E-state index in [1.54, 1.807) is 41.3 Å². The summed E-state index contributed by atoms with van der Waals surface area (Å²) in [6, 6.07) is 10.1. The van der Waals surface area contributed by atoms with Gasteiger partial charge in [-0.05, 0) is 50.1 Å². The van der Waals surface area contributed by atoms with Crippen molar-refractivity contribution in [3.05, 3.63) is 54.0 Å². The third kappa shape index (κ3) is 5.09. The maximum Gasteiger partial charge on any atom is 0.308 e. The van der Waals surface area contributed by atoms with E-state index in [-0.39, 0.29) is 23.5 Å². The van der Waals surface area contributed by atoms with Crippen molar-refractivity contribution < 1.29 is 21.8 Å². The minimum Gasteiger partial charge on any atom is -0.459 e. The van der Waals surface area contributed by atoms with E-state index < -0.39 is 10.1 Å². The Bertz CT molecular complexity index is 781. The third-order valence-corrected chi connectivity index (χ3v) is 5.12. The van der Waals surface area contributed by atoms with E-state index >= 15 is 0 Å². The fourth-order valence-electron chi connectivity index (χ4n) is 2.24. The number of carbonyl (C=O) groups excluding carboxylic acids is 1. The summed E-state index contributed by atoms with van der Waals surface area (Å²) < 4.78 is 33.2. The van der Waals surface area contributed by atoms with Crippen LogP contribution < -0.4 is 4.18 Å². The molecule has 136 valence electrons. The molecule has 0 fully saturated rings. The Morgan fingerprint density at radius 1 is 1.20 bits per heavy atom. The molecule has 1 amide bonds. The molecule has 0 saturated heterocycles. The average molecular weight is 365 g/mol. The van der Waals surface area contributed by atoms with Crippen LogP contribution in [0.3, 0.4) is 0 Å². The third-order valence-electron chi connectivity index (χ3n) is 3.97. The van der Waals surface area contributed by atoms with Crippen LogP contribution in [-0.4, -0.2) is 31.0 Å². The van der Waals surface area contributed by atoms with Gasteiger partial charge in [0.05, 0.1) is 12.0 Å². The van der Waals surface area contributed by atoms with Crippen LogP contribution in [0.5, 0.6) is 5.75 Å². The molecule has 7 heteroatoms. The molecule has 0 bridgehead atoms. The Balaban J connectivity index is 2.15. The molecular weight excluding hydrogens is 342 g/mol. The molecule has 0 aliphatic rings. The summed E-state index contributed by atoms with van der Waals surface area (Å²) >= 11 is 0. The highest BCUT2D eigenvalue weighted by atomic mass is 32.2. The number of hydrogen-bond donors (Lipinski definition) is 0. The van der Waals surface area contributed by atoms with Crippen molar-refractivity contribution in [2.45, 2.75) is 39.8 Å². The van der Waals surface area contributed by atoms with Crippen LogP contribution in [-0.2, 0) is 16.7 Å². The monoisotopic (exact) mass is 365 g/mol. The quantitative estimate of drug-likeness (QED) is 0.670. The summed E-state index contributed by atoms with van der Waals surface area (Å²) in [6.07, 6.45) is 2.28. The lowest BCUT2D eigenvalue weighted by molar-refractivity contribution is 0.0638. The molecule has 0 N–H and O–H groups in total. The first-order chi connectivity index (χ1) is 11.9. The summed E-state index contributed by atoms with van der Waals surface area (Å²) in [7, 11) is -3.55. The maximum absolute atomic E-state index is 12.6. The second-order valence-electron chi connectivity index (χ2n) is 5.74. The highest BCUT2D eigenvalue weighted by molar-refractivity contribution is 7.87. The van der Waals surface area contributed by atoms with Gasteiger partial charge in [0.15, 0.2) is 5.76 Å². The second kappa shape index (κ2) is 8.20. The smallest absolute Gasteiger partial charge is 0.308 e. The van der Waals surface area contributed by atoms with E-state index in [0.29, 0.717) is 12.3 Å². The van der Waals surface area contributed by atoms with E-state index in [1.807, 2.05) is 13.8 Å². The number of carbonyl (C=O) groups is 1.